The zero-order chi connectivity index (χ0) is 23.7. The topological polar surface area (TPSA) is 121 Å². The summed E-state index contributed by atoms with van der Waals surface area (Å²) in [5.41, 5.74) is 7.33. The Morgan fingerprint density at radius 2 is 2.03 bits per heavy atom. The number of amides is 2. The fourth-order valence-corrected chi connectivity index (χ4v) is 3.82. The number of rotatable bonds is 5. The van der Waals surface area contributed by atoms with Gasteiger partial charge >= 0.3 is 6.09 Å². The second kappa shape index (κ2) is 11.5. The number of nitrogens with two attached hydrogens (primary N) is 1. The van der Waals surface area contributed by atoms with Crippen molar-refractivity contribution < 1.29 is 14.3 Å². The SMILES string of the molecule is CC[C@H](NC(=O)OC(C)(C)C)C(N)=O.N#Cc1cc(-c2nccs2)ccc1N1CCCC1. The van der Waals surface area contributed by atoms with Gasteiger partial charge in [-0.15, -0.1) is 11.3 Å². The Hall–Kier alpha value is -3.12. The number of primary amides is 1. The van der Waals surface area contributed by atoms with Crippen molar-refractivity contribution >= 4 is 29.0 Å². The maximum atomic E-state index is 11.2. The summed E-state index contributed by atoms with van der Waals surface area (Å²) in [7, 11) is 0. The van der Waals surface area contributed by atoms with Crippen LogP contribution in [0.25, 0.3) is 10.6 Å². The van der Waals surface area contributed by atoms with Crippen molar-refractivity contribution in [2.45, 2.75) is 58.6 Å². The largest absolute Gasteiger partial charge is 0.444 e. The van der Waals surface area contributed by atoms with Gasteiger partial charge in [-0.2, -0.15) is 5.26 Å². The third-order valence-electron chi connectivity index (χ3n) is 4.69. The molecule has 0 unspecified atom stereocenters. The highest BCUT2D eigenvalue weighted by molar-refractivity contribution is 7.13. The van der Waals surface area contributed by atoms with E-state index in [4.69, 9.17) is 10.5 Å². The summed E-state index contributed by atoms with van der Waals surface area (Å²) in [5.74, 6) is -0.557. The van der Waals surface area contributed by atoms with Crippen LogP contribution in [0.2, 0.25) is 0 Å². The Morgan fingerprint density at radius 1 is 1.34 bits per heavy atom. The van der Waals surface area contributed by atoms with Crippen LogP contribution in [0.15, 0.2) is 29.8 Å². The number of alkyl carbamates (subject to hydrolysis) is 1. The van der Waals surface area contributed by atoms with Crippen molar-refractivity contribution in [2.75, 3.05) is 18.0 Å². The number of ether oxygens (including phenoxy) is 1. The molecule has 9 heteroatoms. The molecule has 8 nitrogen and oxygen atoms in total. The summed E-state index contributed by atoms with van der Waals surface area (Å²) in [6.07, 6.45) is 4.07. The minimum atomic E-state index is -0.662. The van der Waals surface area contributed by atoms with E-state index >= 15 is 0 Å². The van der Waals surface area contributed by atoms with E-state index in [1.807, 2.05) is 11.4 Å². The summed E-state index contributed by atoms with van der Waals surface area (Å²) < 4.78 is 4.96. The number of anilines is 1. The van der Waals surface area contributed by atoms with Crippen LogP contribution >= 0.6 is 11.3 Å². The van der Waals surface area contributed by atoms with Gasteiger partial charge in [-0.3, -0.25) is 4.79 Å². The number of nitriles is 1. The standard InChI is InChI=1S/C14H13N3S.C9H18N2O3/c15-10-12-9-11(14-16-5-8-18-14)3-4-13(12)17-6-1-2-7-17;1-5-6(7(10)12)11-8(13)14-9(2,3)4/h3-5,8-9H,1-2,6-7H2;6H,5H2,1-4H3,(H2,10,12)(H,11,13)/t;6-/m.0/s1. The monoisotopic (exact) mass is 457 g/mol. The van der Waals surface area contributed by atoms with Crippen molar-refractivity contribution in [3.63, 3.8) is 0 Å². The first-order valence-corrected chi connectivity index (χ1v) is 11.5. The molecule has 1 aliphatic rings. The molecule has 0 radical (unpaired) electrons. The van der Waals surface area contributed by atoms with E-state index in [9.17, 15) is 14.9 Å². The van der Waals surface area contributed by atoms with Crippen molar-refractivity contribution in [2.24, 2.45) is 5.73 Å². The van der Waals surface area contributed by atoms with E-state index in [0.29, 0.717) is 6.42 Å². The van der Waals surface area contributed by atoms with Gasteiger partial charge in [-0.05, 0) is 58.2 Å². The van der Waals surface area contributed by atoms with Gasteiger partial charge in [0.2, 0.25) is 5.91 Å². The van der Waals surface area contributed by atoms with Gasteiger partial charge in [0.25, 0.3) is 0 Å². The van der Waals surface area contributed by atoms with E-state index < -0.39 is 23.6 Å². The molecular weight excluding hydrogens is 426 g/mol. The smallest absolute Gasteiger partial charge is 0.408 e. The lowest BCUT2D eigenvalue weighted by molar-refractivity contribution is -0.120. The van der Waals surface area contributed by atoms with Crippen LogP contribution < -0.4 is 16.0 Å². The van der Waals surface area contributed by atoms with Gasteiger partial charge in [-0.25, -0.2) is 9.78 Å². The maximum absolute atomic E-state index is 11.2. The Labute approximate surface area is 193 Å². The second-order valence-corrected chi connectivity index (χ2v) is 9.28. The number of nitrogens with zero attached hydrogens (tertiary/aromatic N) is 3. The van der Waals surface area contributed by atoms with Gasteiger partial charge in [-0.1, -0.05) is 6.92 Å². The molecule has 0 bridgehead atoms. The summed E-state index contributed by atoms with van der Waals surface area (Å²) in [5, 5.41) is 14.6. The van der Waals surface area contributed by atoms with Crippen LogP contribution in [0.3, 0.4) is 0 Å². The van der Waals surface area contributed by atoms with E-state index in [2.05, 4.69) is 33.4 Å². The summed E-state index contributed by atoms with van der Waals surface area (Å²) in [6.45, 7) is 9.12. The number of carbonyl (C=O) groups is 2. The van der Waals surface area contributed by atoms with Gasteiger partial charge < -0.3 is 20.7 Å². The first-order chi connectivity index (χ1) is 15.1. The third-order valence-corrected chi connectivity index (χ3v) is 5.51. The highest BCUT2D eigenvalue weighted by Gasteiger charge is 2.21. The number of aromatic nitrogens is 1. The van der Waals surface area contributed by atoms with Crippen molar-refractivity contribution in [1.82, 2.24) is 10.3 Å². The zero-order valence-electron chi connectivity index (χ0n) is 19.1. The number of nitrogens with one attached hydrogen (secondary N) is 1. The number of benzene rings is 1. The fraction of sp³-hybridized carbons (Fsp3) is 0.478. The Bertz CT molecular complexity index is 942. The molecular formula is C23H31N5O3S. The average molecular weight is 458 g/mol. The second-order valence-electron chi connectivity index (χ2n) is 8.38. The minimum Gasteiger partial charge on any atom is -0.444 e. The molecule has 1 atom stereocenters. The lowest BCUT2D eigenvalue weighted by atomic mass is 10.1. The van der Waals surface area contributed by atoms with Crippen molar-refractivity contribution in [3.8, 4) is 16.6 Å². The van der Waals surface area contributed by atoms with Crippen molar-refractivity contribution in [1.29, 1.82) is 5.26 Å². The predicted octanol–water partition coefficient (Wildman–Crippen LogP) is 4.06. The maximum Gasteiger partial charge on any atom is 0.408 e. The van der Waals surface area contributed by atoms with Crippen LogP contribution in [0, 0.1) is 11.3 Å². The van der Waals surface area contributed by atoms with Crippen LogP contribution in [0.1, 0.15) is 52.5 Å². The number of thiazole rings is 1. The molecule has 0 spiro atoms. The average Bonchev–Trinajstić information content (AvgIpc) is 3.44. The van der Waals surface area contributed by atoms with E-state index in [0.717, 1.165) is 34.9 Å². The molecule has 2 amide bonds. The van der Waals surface area contributed by atoms with Crippen LogP contribution in [-0.2, 0) is 9.53 Å². The van der Waals surface area contributed by atoms with E-state index in [1.165, 1.54) is 12.8 Å². The number of hydrogen-bond acceptors (Lipinski definition) is 7. The van der Waals surface area contributed by atoms with E-state index in [1.54, 1.807) is 45.2 Å². The summed E-state index contributed by atoms with van der Waals surface area (Å²) in [4.78, 5) is 28.6. The molecule has 2 aromatic rings. The molecule has 2 heterocycles. The molecule has 1 aromatic heterocycles. The van der Waals surface area contributed by atoms with Crippen LogP contribution in [0.4, 0.5) is 10.5 Å². The third kappa shape index (κ3) is 7.54. The van der Waals surface area contributed by atoms with E-state index in [-0.39, 0.29) is 0 Å². The Kier molecular flexibility index (Phi) is 9.02. The molecule has 3 rings (SSSR count). The van der Waals surface area contributed by atoms with Gasteiger partial charge in [0.05, 0.1) is 11.3 Å². The highest BCUT2D eigenvalue weighted by Crippen LogP contribution is 2.30. The molecule has 1 aromatic carbocycles. The zero-order valence-corrected chi connectivity index (χ0v) is 19.9. The lowest BCUT2D eigenvalue weighted by Crippen LogP contribution is -2.45. The number of hydrogen-bond donors (Lipinski definition) is 2. The highest BCUT2D eigenvalue weighted by atomic mass is 32.1. The Morgan fingerprint density at radius 3 is 2.53 bits per heavy atom. The van der Waals surface area contributed by atoms with Crippen molar-refractivity contribution in [3.05, 3.63) is 35.3 Å². The fourth-order valence-electron chi connectivity index (χ4n) is 3.18. The van der Waals surface area contributed by atoms with Gasteiger partial charge in [0.1, 0.15) is 22.7 Å². The van der Waals surface area contributed by atoms with Gasteiger partial charge in [0.15, 0.2) is 0 Å². The molecule has 1 fully saturated rings. The molecule has 1 aliphatic heterocycles. The molecule has 0 saturated carbocycles. The number of carbonyl (C=O) groups excluding carboxylic acids is 2. The lowest BCUT2D eigenvalue weighted by Gasteiger charge is -2.21. The minimum absolute atomic E-state index is 0.453. The summed E-state index contributed by atoms with van der Waals surface area (Å²) >= 11 is 1.60. The first-order valence-electron chi connectivity index (χ1n) is 10.6. The molecule has 172 valence electrons. The van der Waals surface area contributed by atoms with Crippen LogP contribution in [0.5, 0.6) is 0 Å². The normalized spacial score (nSPS) is 14.0. The molecule has 32 heavy (non-hydrogen) atoms. The molecule has 3 N–H and O–H groups in total. The van der Waals surface area contributed by atoms with Crippen LogP contribution in [-0.4, -0.2) is 41.7 Å². The summed E-state index contributed by atoms with van der Waals surface area (Å²) in [6, 6.07) is 7.72. The van der Waals surface area contributed by atoms with Gasteiger partial charge in [0, 0.05) is 30.2 Å². The molecule has 1 saturated heterocycles. The predicted molar refractivity (Wildman–Crippen MR) is 126 cm³/mol. The quantitative estimate of drug-likeness (QED) is 0.698. The Balaban J connectivity index is 0.000000237. The first kappa shape index (κ1) is 25.1. The molecule has 0 aliphatic carbocycles.